The zero-order chi connectivity index (χ0) is 20.8. The van der Waals surface area contributed by atoms with Crippen LogP contribution >= 0.6 is 0 Å². The lowest BCUT2D eigenvalue weighted by Gasteiger charge is -2.08. The van der Waals surface area contributed by atoms with Crippen LogP contribution in [-0.4, -0.2) is 27.2 Å². The third-order valence-corrected chi connectivity index (χ3v) is 4.61. The summed E-state index contributed by atoms with van der Waals surface area (Å²) in [5.74, 6) is -3.67. The number of rotatable bonds is 9. The molecule has 0 aliphatic heterocycles. The van der Waals surface area contributed by atoms with Crippen LogP contribution < -0.4 is 0 Å². The highest BCUT2D eigenvalue weighted by Crippen LogP contribution is 2.17. The van der Waals surface area contributed by atoms with Gasteiger partial charge < -0.3 is 9.67 Å². The number of carbonyl (C=O) groups excluding carboxylic acids is 2. The molecule has 5 nitrogen and oxygen atoms in total. The van der Waals surface area contributed by atoms with Gasteiger partial charge in [0.1, 0.15) is 5.82 Å². The smallest absolute Gasteiger partial charge is 0.372 e. The molecule has 148 valence electrons. The Bertz CT molecular complexity index is 1020. The van der Waals surface area contributed by atoms with Crippen molar-refractivity contribution in [2.75, 3.05) is 0 Å². The molecule has 1 aromatic heterocycles. The normalized spacial score (nSPS) is 10.7. The quantitative estimate of drug-likeness (QED) is 0.342. The van der Waals surface area contributed by atoms with Gasteiger partial charge >= 0.3 is 5.97 Å². The molecule has 0 atom stereocenters. The van der Waals surface area contributed by atoms with Gasteiger partial charge in [0.25, 0.3) is 0 Å². The van der Waals surface area contributed by atoms with Gasteiger partial charge in [-0.1, -0.05) is 42.5 Å². The maximum atomic E-state index is 13.2. The standard InChI is InChI=1S/C23H20FNO4/c24-19-10-8-17(9-11-19)14-25-15-18(7-6-16-4-2-1-3-5-16)12-20(25)21(26)13-22(27)23(28)29/h1-5,8-12,15H,6-7,13-14H2,(H,28,29). The molecule has 0 saturated carbocycles. The van der Waals surface area contributed by atoms with Gasteiger partial charge in [-0.2, -0.15) is 0 Å². The Morgan fingerprint density at radius 1 is 0.862 bits per heavy atom. The molecule has 1 heterocycles. The lowest BCUT2D eigenvalue weighted by atomic mass is 10.1. The number of benzene rings is 2. The molecule has 0 saturated heterocycles. The lowest BCUT2D eigenvalue weighted by Crippen LogP contribution is -2.19. The van der Waals surface area contributed by atoms with E-state index in [2.05, 4.69) is 0 Å². The van der Waals surface area contributed by atoms with Gasteiger partial charge in [-0.05, 0) is 47.7 Å². The molecule has 0 aliphatic carbocycles. The molecule has 3 aromatic rings. The summed E-state index contributed by atoms with van der Waals surface area (Å²) in [5, 5.41) is 8.78. The monoisotopic (exact) mass is 393 g/mol. The van der Waals surface area contributed by atoms with E-state index in [1.54, 1.807) is 22.8 Å². The van der Waals surface area contributed by atoms with Crippen LogP contribution in [0.5, 0.6) is 0 Å². The Labute approximate surface area is 167 Å². The van der Waals surface area contributed by atoms with Crippen LogP contribution in [-0.2, 0) is 29.0 Å². The van der Waals surface area contributed by atoms with Crippen molar-refractivity contribution in [1.82, 2.24) is 4.57 Å². The van der Waals surface area contributed by atoms with Crippen LogP contribution in [0.2, 0.25) is 0 Å². The summed E-state index contributed by atoms with van der Waals surface area (Å²) in [6.07, 6.45) is 2.60. The molecule has 0 unspecified atom stereocenters. The van der Waals surface area contributed by atoms with E-state index in [9.17, 15) is 18.8 Å². The number of hydrogen-bond acceptors (Lipinski definition) is 3. The van der Waals surface area contributed by atoms with Crippen LogP contribution in [0.25, 0.3) is 0 Å². The average molecular weight is 393 g/mol. The van der Waals surface area contributed by atoms with Gasteiger partial charge in [0.2, 0.25) is 5.78 Å². The van der Waals surface area contributed by atoms with Crippen LogP contribution in [0, 0.1) is 5.82 Å². The van der Waals surface area contributed by atoms with E-state index in [-0.39, 0.29) is 11.5 Å². The average Bonchev–Trinajstić information content (AvgIpc) is 3.11. The second-order valence-corrected chi connectivity index (χ2v) is 6.80. The first-order valence-electron chi connectivity index (χ1n) is 9.19. The molecule has 29 heavy (non-hydrogen) atoms. The highest BCUT2D eigenvalue weighted by atomic mass is 19.1. The molecular formula is C23H20FNO4. The van der Waals surface area contributed by atoms with E-state index in [1.807, 2.05) is 36.5 Å². The molecule has 6 heteroatoms. The van der Waals surface area contributed by atoms with E-state index in [0.717, 1.165) is 23.1 Å². The van der Waals surface area contributed by atoms with E-state index >= 15 is 0 Å². The third-order valence-electron chi connectivity index (χ3n) is 4.61. The third kappa shape index (κ3) is 5.48. The number of ketones is 2. The summed E-state index contributed by atoms with van der Waals surface area (Å²) in [5.41, 5.74) is 3.12. The first-order chi connectivity index (χ1) is 13.9. The van der Waals surface area contributed by atoms with Crippen molar-refractivity contribution in [2.24, 2.45) is 0 Å². The van der Waals surface area contributed by atoms with Crippen molar-refractivity contribution in [3.05, 3.63) is 95.1 Å². The molecule has 0 aliphatic rings. The van der Waals surface area contributed by atoms with Crippen molar-refractivity contribution >= 4 is 17.5 Å². The van der Waals surface area contributed by atoms with Crippen molar-refractivity contribution in [3.8, 4) is 0 Å². The molecule has 0 amide bonds. The number of carboxylic acids is 1. The zero-order valence-corrected chi connectivity index (χ0v) is 15.7. The second kappa shape index (κ2) is 9.10. The van der Waals surface area contributed by atoms with Gasteiger partial charge in [0, 0.05) is 12.7 Å². The van der Waals surface area contributed by atoms with E-state index < -0.39 is 24.0 Å². The first kappa shape index (κ1) is 20.2. The van der Waals surface area contributed by atoms with E-state index in [1.165, 1.54) is 12.1 Å². The molecule has 2 aromatic carbocycles. The predicted molar refractivity (Wildman–Crippen MR) is 105 cm³/mol. The maximum absolute atomic E-state index is 13.2. The molecule has 0 spiro atoms. The fourth-order valence-electron chi connectivity index (χ4n) is 3.11. The Kier molecular flexibility index (Phi) is 6.34. The number of aromatic nitrogens is 1. The van der Waals surface area contributed by atoms with Gasteiger partial charge in [0.05, 0.1) is 12.1 Å². The number of carbonyl (C=O) groups is 3. The molecule has 0 fully saturated rings. The molecule has 1 N–H and O–H groups in total. The number of nitrogens with zero attached hydrogens (tertiary/aromatic N) is 1. The number of aryl methyl sites for hydroxylation is 2. The highest BCUT2D eigenvalue weighted by molar-refractivity contribution is 6.37. The Balaban J connectivity index is 1.83. The van der Waals surface area contributed by atoms with E-state index in [4.69, 9.17) is 5.11 Å². The Morgan fingerprint density at radius 2 is 1.52 bits per heavy atom. The van der Waals surface area contributed by atoms with Crippen LogP contribution in [0.4, 0.5) is 4.39 Å². The van der Waals surface area contributed by atoms with Gasteiger partial charge in [-0.15, -0.1) is 0 Å². The minimum absolute atomic E-state index is 0.270. The predicted octanol–water partition coefficient (Wildman–Crippen LogP) is 3.69. The number of carboxylic acid groups (broad SMARTS) is 1. The summed E-state index contributed by atoms with van der Waals surface area (Å²) in [7, 11) is 0. The molecule has 0 radical (unpaired) electrons. The van der Waals surface area contributed by atoms with Crippen molar-refractivity contribution in [2.45, 2.75) is 25.8 Å². The van der Waals surface area contributed by atoms with Crippen LogP contribution in [0.1, 0.15) is 33.6 Å². The number of hydrogen-bond donors (Lipinski definition) is 1. The Hall–Kier alpha value is -3.54. The topological polar surface area (TPSA) is 76.4 Å². The summed E-state index contributed by atoms with van der Waals surface area (Å²) >= 11 is 0. The molecular weight excluding hydrogens is 373 g/mol. The lowest BCUT2D eigenvalue weighted by molar-refractivity contribution is -0.148. The van der Waals surface area contributed by atoms with Crippen molar-refractivity contribution in [3.63, 3.8) is 0 Å². The van der Waals surface area contributed by atoms with Crippen molar-refractivity contribution < 1.29 is 23.9 Å². The van der Waals surface area contributed by atoms with E-state index in [0.29, 0.717) is 13.0 Å². The molecule has 0 bridgehead atoms. The molecule has 3 rings (SSSR count). The van der Waals surface area contributed by atoms with Crippen LogP contribution in [0.15, 0.2) is 66.9 Å². The zero-order valence-electron chi connectivity index (χ0n) is 15.7. The first-order valence-corrected chi connectivity index (χ1v) is 9.19. The number of Topliss-reactive ketones (excluding diaryl/α,β-unsaturated/α-hetero) is 2. The van der Waals surface area contributed by atoms with Gasteiger partial charge in [0.15, 0.2) is 5.78 Å². The summed E-state index contributed by atoms with van der Waals surface area (Å²) < 4.78 is 14.8. The van der Waals surface area contributed by atoms with Crippen LogP contribution in [0.3, 0.4) is 0 Å². The Morgan fingerprint density at radius 3 is 2.17 bits per heavy atom. The minimum atomic E-state index is -1.63. The fraction of sp³-hybridized carbons (Fsp3) is 0.174. The maximum Gasteiger partial charge on any atom is 0.372 e. The number of halogens is 1. The largest absolute Gasteiger partial charge is 0.475 e. The summed E-state index contributed by atoms with van der Waals surface area (Å²) in [4.78, 5) is 34.8. The second-order valence-electron chi connectivity index (χ2n) is 6.80. The number of aliphatic carboxylic acids is 1. The summed E-state index contributed by atoms with van der Waals surface area (Å²) in [6.45, 7) is 0.313. The van der Waals surface area contributed by atoms with Gasteiger partial charge in [-0.3, -0.25) is 9.59 Å². The van der Waals surface area contributed by atoms with Gasteiger partial charge in [-0.25, -0.2) is 9.18 Å². The SMILES string of the molecule is O=C(O)C(=O)CC(=O)c1cc(CCc2ccccc2)cn1Cc1ccc(F)cc1. The summed E-state index contributed by atoms with van der Waals surface area (Å²) in [6, 6.07) is 17.5. The minimum Gasteiger partial charge on any atom is -0.475 e. The fourth-order valence-corrected chi connectivity index (χ4v) is 3.11. The highest BCUT2D eigenvalue weighted by Gasteiger charge is 2.21. The van der Waals surface area contributed by atoms with Crippen molar-refractivity contribution in [1.29, 1.82) is 0 Å².